The molecule has 182 valence electrons. The maximum Gasteiger partial charge on any atom is 0.356 e. The van der Waals surface area contributed by atoms with Gasteiger partial charge in [-0.05, 0) is 36.4 Å². The van der Waals surface area contributed by atoms with Crippen molar-refractivity contribution >= 4 is 75.5 Å². The number of carbonyl (C=O) groups excluding carboxylic acids is 2. The van der Waals surface area contributed by atoms with Crippen LogP contribution < -0.4 is 26.4 Å². The number of carbonyl (C=O) groups is 2. The highest BCUT2D eigenvalue weighted by molar-refractivity contribution is 6.37. The fraction of sp³-hybridized carbons (Fsp3) is 0.0526. The first kappa shape index (κ1) is 26.0. The Morgan fingerprint density at radius 3 is 2.11 bits per heavy atom. The smallest absolute Gasteiger partial charge is 0.356 e. The third-order valence-electron chi connectivity index (χ3n) is 4.05. The van der Waals surface area contributed by atoms with Crippen molar-refractivity contribution in [2.45, 2.75) is 0 Å². The third kappa shape index (κ3) is 6.96. The molecule has 2 aromatic carbocycles. The molecule has 0 atom stereocenters. The summed E-state index contributed by atoms with van der Waals surface area (Å²) in [5, 5.41) is 12.6. The van der Waals surface area contributed by atoms with Crippen molar-refractivity contribution in [2.24, 2.45) is 0 Å². The predicted octanol–water partition coefficient (Wildman–Crippen LogP) is 4.28. The maximum absolute atomic E-state index is 12.3. The lowest BCUT2D eigenvalue weighted by atomic mass is 10.2. The molecule has 3 aromatic rings. The van der Waals surface area contributed by atoms with Gasteiger partial charge in [0.1, 0.15) is 12.1 Å². The lowest BCUT2D eigenvalue weighted by Crippen LogP contribution is -2.35. The van der Waals surface area contributed by atoms with E-state index in [1.807, 2.05) is 0 Å². The second-order valence-electron chi connectivity index (χ2n) is 6.42. The standard InChI is InChI=1S/C19H13Cl4N7O5/c20-9-1-3-11(12(22)5-9)19(32)29-28-18-16(30(33)34)17(24-8-25-18)27-26-15(31)7-35-14-4-2-10(21)6-13(14)23/h1-6,8H,7H2,(H,26,31)(H,29,32)(H2,24,25,27,28). The molecule has 3 rings (SSSR count). The molecule has 0 unspecified atom stereocenters. The van der Waals surface area contributed by atoms with Gasteiger partial charge >= 0.3 is 5.69 Å². The van der Waals surface area contributed by atoms with Gasteiger partial charge in [0.2, 0.25) is 11.6 Å². The van der Waals surface area contributed by atoms with Crippen LogP contribution >= 0.6 is 46.4 Å². The van der Waals surface area contributed by atoms with E-state index in [-0.39, 0.29) is 33.0 Å². The average molecular weight is 561 g/mol. The number of rotatable bonds is 9. The van der Waals surface area contributed by atoms with E-state index >= 15 is 0 Å². The van der Waals surface area contributed by atoms with Gasteiger partial charge in [0.05, 0.1) is 20.5 Å². The number of halogens is 4. The number of nitro groups is 1. The molecule has 0 bridgehead atoms. The van der Waals surface area contributed by atoms with Crippen LogP contribution in [0, 0.1) is 10.1 Å². The molecule has 35 heavy (non-hydrogen) atoms. The van der Waals surface area contributed by atoms with Crippen LogP contribution in [0.3, 0.4) is 0 Å². The number of anilines is 2. The van der Waals surface area contributed by atoms with Crippen LogP contribution in [0.1, 0.15) is 10.4 Å². The summed E-state index contributed by atoms with van der Waals surface area (Å²) in [7, 11) is 0. The van der Waals surface area contributed by atoms with Gasteiger partial charge in [-0.15, -0.1) is 0 Å². The molecule has 1 heterocycles. The highest BCUT2D eigenvalue weighted by Crippen LogP contribution is 2.29. The minimum atomic E-state index is -0.817. The van der Waals surface area contributed by atoms with E-state index in [1.54, 1.807) is 0 Å². The van der Waals surface area contributed by atoms with Crippen LogP contribution in [-0.4, -0.2) is 33.3 Å². The first-order chi connectivity index (χ1) is 16.7. The third-order valence-corrected chi connectivity index (χ3v) is 5.13. The zero-order valence-electron chi connectivity index (χ0n) is 17.1. The van der Waals surface area contributed by atoms with E-state index in [9.17, 15) is 19.7 Å². The molecule has 0 fully saturated rings. The quantitative estimate of drug-likeness (QED) is 0.221. The van der Waals surface area contributed by atoms with Crippen molar-refractivity contribution in [3.8, 4) is 5.75 Å². The summed E-state index contributed by atoms with van der Waals surface area (Å²) < 4.78 is 5.28. The first-order valence-electron chi connectivity index (χ1n) is 9.29. The second kappa shape index (κ2) is 11.7. The Morgan fingerprint density at radius 2 is 1.51 bits per heavy atom. The van der Waals surface area contributed by atoms with E-state index in [4.69, 9.17) is 51.1 Å². The van der Waals surface area contributed by atoms with Crippen LogP contribution in [0.4, 0.5) is 17.3 Å². The molecule has 16 heteroatoms. The van der Waals surface area contributed by atoms with Crippen LogP contribution in [0.15, 0.2) is 42.7 Å². The van der Waals surface area contributed by atoms with Crippen LogP contribution in [-0.2, 0) is 4.79 Å². The monoisotopic (exact) mass is 559 g/mol. The number of benzene rings is 2. The Balaban J connectivity index is 1.64. The Morgan fingerprint density at radius 1 is 0.914 bits per heavy atom. The van der Waals surface area contributed by atoms with Crippen molar-refractivity contribution in [1.29, 1.82) is 0 Å². The van der Waals surface area contributed by atoms with Crippen LogP contribution in [0.2, 0.25) is 20.1 Å². The molecule has 0 radical (unpaired) electrons. The molecule has 12 nitrogen and oxygen atoms in total. The Labute approximate surface area is 217 Å². The SMILES string of the molecule is O=C(COc1ccc(Cl)cc1Cl)NNc1ncnc(NNC(=O)c2ccc(Cl)cc2Cl)c1[N+](=O)[O-]. The highest BCUT2D eigenvalue weighted by Gasteiger charge is 2.24. The summed E-state index contributed by atoms with van der Waals surface area (Å²) in [6.45, 7) is -0.476. The van der Waals surface area contributed by atoms with E-state index < -0.39 is 29.0 Å². The summed E-state index contributed by atoms with van der Waals surface area (Å²) in [6.07, 6.45) is 0.967. The Hall–Kier alpha value is -3.58. The number of aromatic nitrogens is 2. The summed E-state index contributed by atoms with van der Waals surface area (Å²) in [5.41, 5.74) is 8.49. The molecule has 2 amide bonds. The zero-order valence-corrected chi connectivity index (χ0v) is 20.2. The minimum absolute atomic E-state index is 0.0617. The summed E-state index contributed by atoms with van der Waals surface area (Å²) in [5.74, 6) is -1.94. The molecular weight excluding hydrogens is 548 g/mol. The number of amides is 2. The van der Waals surface area contributed by atoms with Crippen molar-refractivity contribution in [3.05, 3.63) is 78.5 Å². The number of ether oxygens (including phenoxy) is 1. The molecule has 0 spiro atoms. The minimum Gasteiger partial charge on any atom is -0.482 e. The van der Waals surface area contributed by atoms with E-state index in [2.05, 4.69) is 31.7 Å². The van der Waals surface area contributed by atoms with Crippen LogP contribution in [0.5, 0.6) is 5.75 Å². The number of hydrazine groups is 2. The fourth-order valence-corrected chi connectivity index (χ4v) is 3.45. The van der Waals surface area contributed by atoms with Gasteiger partial charge in [0.25, 0.3) is 11.8 Å². The predicted molar refractivity (Wildman–Crippen MR) is 130 cm³/mol. The number of nitrogens with zero attached hydrogens (tertiary/aromatic N) is 3. The molecule has 0 aliphatic rings. The van der Waals surface area contributed by atoms with Gasteiger partial charge in [-0.25, -0.2) is 9.97 Å². The second-order valence-corrected chi connectivity index (χ2v) is 8.10. The fourth-order valence-electron chi connectivity index (χ4n) is 2.49. The molecule has 4 N–H and O–H groups in total. The van der Waals surface area contributed by atoms with Crippen molar-refractivity contribution in [3.63, 3.8) is 0 Å². The number of hydrogen-bond acceptors (Lipinski definition) is 9. The molecule has 0 aliphatic carbocycles. The Kier molecular flexibility index (Phi) is 8.71. The number of nitrogens with one attached hydrogen (secondary N) is 4. The maximum atomic E-state index is 12.3. The van der Waals surface area contributed by atoms with Gasteiger partial charge in [-0.3, -0.25) is 41.4 Å². The lowest BCUT2D eigenvalue weighted by Gasteiger charge is -2.12. The lowest BCUT2D eigenvalue weighted by molar-refractivity contribution is -0.383. The van der Waals surface area contributed by atoms with Gasteiger partial charge in [0.15, 0.2) is 6.61 Å². The molecule has 1 aromatic heterocycles. The number of hydrogen-bond donors (Lipinski definition) is 4. The van der Waals surface area contributed by atoms with E-state index in [0.717, 1.165) is 6.33 Å². The van der Waals surface area contributed by atoms with E-state index in [1.165, 1.54) is 36.4 Å². The molecule has 0 saturated heterocycles. The van der Waals surface area contributed by atoms with Crippen molar-refractivity contribution in [1.82, 2.24) is 20.8 Å². The van der Waals surface area contributed by atoms with Crippen molar-refractivity contribution in [2.75, 3.05) is 17.5 Å². The molecule has 0 aliphatic heterocycles. The average Bonchev–Trinajstić information content (AvgIpc) is 2.80. The van der Waals surface area contributed by atoms with Gasteiger partial charge in [-0.1, -0.05) is 46.4 Å². The van der Waals surface area contributed by atoms with Gasteiger partial charge in [0, 0.05) is 10.0 Å². The highest BCUT2D eigenvalue weighted by atomic mass is 35.5. The zero-order chi connectivity index (χ0) is 25.5. The first-order valence-corrected chi connectivity index (χ1v) is 10.8. The van der Waals surface area contributed by atoms with Crippen LogP contribution in [0.25, 0.3) is 0 Å². The summed E-state index contributed by atoms with van der Waals surface area (Å²) in [6, 6.07) is 8.62. The summed E-state index contributed by atoms with van der Waals surface area (Å²) >= 11 is 23.6. The molecule has 0 saturated carbocycles. The Bertz CT molecular complexity index is 1290. The molecular formula is C19H13Cl4N7O5. The topological polar surface area (TPSA) is 160 Å². The normalized spacial score (nSPS) is 10.3. The van der Waals surface area contributed by atoms with E-state index in [0.29, 0.717) is 10.0 Å². The van der Waals surface area contributed by atoms with Gasteiger partial charge < -0.3 is 4.74 Å². The summed E-state index contributed by atoms with van der Waals surface area (Å²) in [4.78, 5) is 42.7. The largest absolute Gasteiger partial charge is 0.482 e. The van der Waals surface area contributed by atoms with Gasteiger partial charge in [-0.2, -0.15) is 0 Å². The van der Waals surface area contributed by atoms with Crippen molar-refractivity contribution < 1.29 is 19.2 Å².